The molecular weight excluding hydrogens is 260 g/mol. The molecule has 0 saturated heterocycles. The molecule has 0 spiro atoms. The summed E-state index contributed by atoms with van der Waals surface area (Å²) in [4.78, 5) is 12.5. The minimum Gasteiger partial charge on any atom is -0.298 e. The van der Waals surface area contributed by atoms with Gasteiger partial charge in [0.1, 0.15) is 4.75 Å². The van der Waals surface area contributed by atoms with Crippen LogP contribution in [0.3, 0.4) is 0 Å². The highest BCUT2D eigenvalue weighted by atomic mass is 32.2. The normalized spacial score (nSPS) is 23.5. The van der Waals surface area contributed by atoms with Gasteiger partial charge in [-0.05, 0) is 38.3 Å². The number of carbonyl (C=O) groups excluding carboxylic acids is 1. The summed E-state index contributed by atoms with van der Waals surface area (Å²) in [7, 11) is -3.65. The van der Waals surface area contributed by atoms with Crippen LogP contribution in [0.2, 0.25) is 0 Å². The van der Waals surface area contributed by atoms with E-state index in [0.29, 0.717) is 19.3 Å². The lowest BCUT2D eigenvalue weighted by Gasteiger charge is -2.27. The van der Waals surface area contributed by atoms with E-state index in [1.807, 2.05) is 0 Å². The Morgan fingerprint density at radius 2 is 1.95 bits per heavy atom. The molecule has 1 fully saturated rings. The van der Waals surface area contributed by atoms with E-state index in [-0.39, 0.29) is 17.1 Å². The molecule has 3 nitrogen and oxygen atoms in total. The molecule has 1 unspecified atom stereocenters. The van der Waals surface area contributed by atoms with Gasteiger partial charge in [-0.3, -0.25) is 4.79 Å². The molecule has 1 aromatic carbocycles. The summed E-state index contributed by atoms with van der Waals surface area (Å²) in [6, 6.07) is 8.24. The van der Waals surface area contributed by atoms with Gasteiger partial charge in [0, 0.05) is 6.42 Å². The molecule has 102 valence electrons. The number of rotatable bonds is 4. The number of Topliss-reactive ketones (excluding diaryl/α,β-unsaturated/α-hetero) is 1. The maximum Gasteiger partial charge on any atom is 0.191 e. The molecular formula is C15H18O3S. The monoisotopic (exact) mass is 278 g/mol. The second-order valence-electron chi connectivity index (χ2n) is 5.22. The summed E-state index contributed by atoms with van der Waals surface area (Å²) < 4.78 is 24.4. The first-order valence-electron chi connectivity index (χ1n) is 6.37. The summed E-state index contributed by atoms with van der Waals surface area (Å²) in [6.45, 7) is 5.56. The minimum atomic E-state index is -3.65. The van der Waals surface area contributed by atoms with Crippen molar-refractivity contribution in [2.75, 3.05) is 0 Å². The van der Waals surface area contributed by atoms with E-state index in [0.717, 1.165) is 5.57 Å². The Kier molecular flexibility index (Phi) is 3.63. The molecule has 1 saturated carbocycles. The van der Waals surface area contributed by atoms with Crippen molar-refractivity contribution >= 4 is 15.6 Å². The van der Waals surface area contributed by atoms with E-state index in [1.165, 1.54) is 0 Å². The Morgan fingerprint density at radius 1 is 1.32 bits per heavy atom. The van der Waals surface area contributed by atoms with Crippen LogP contribution in [0.25, 0.3) is 0 Å². The van der Waals surface area contributed by atoms with Crippen molar-refractivity contribution in [3.05, 3.63) is 42.5 Å². The van der Waals surface area contributed by atoms with Crippen LogP contribution >= 0.6 is 0 Å². The zero-order chi connectivity index (χ0) is 14.1. The highest BCUT2D eigenvalue weighted by molar-refractivity contribution is 7.93. The minimum absolute atomic E-state index is 0.167. The van der Waals surface area contributed by atoms with E-state index in [2.05, 4.69) is 6.58 Å². The SMILES string of the molecule is C=C(C)CC1(S(=O)(=O)c2ccccc2)CCCC1=O. The van der Waals surface area contributed by atoms with Crippen LogP contribution in [0.5, 0.6) is 0 Å². The highest BCUT2D eigenvalue weighted by Gasteiger charge is 2.52. The Morgan fingerprint density at radius 3 is 2.42 bits per heavy atom. The maximum atomic E-state index is 12.8. The van der Waals surface area contributed by atoms with Crippen molar-refractivity contribution in [3.63, 3.8) is 0 Å². The third-order valence-corrected chi connectivity index (χ3v) is 6.15. The van der Waals surface area contributed by atoms with Gasteiger partial charge >= 0.3 is 0 Å². The summed E-state index contributed by atoms with van der Waals surface area (Å²) in [6.07, 6.45) is 1.61. The second kappa shape index (κ2) is 4.93. The van der Waals surface area contributed by atoms with Crippen molar-refractivity contribution < 1.29 is 13.2 Å². The molecule has 1 atom stereocenters. The smallest absolute Gasteiger partial charge is 0.191 e. The number of ketones is 1. The van der Waals surface area contributed by atoms with Crippen molar-refractivity contribution in [1.29, 1.82) is 0 Å². The van der Waals surface area contributed by atoms with Crippen molar-refractivity contribution in [2.24, 2.45) is 0 Å². The first-order valence-corrected chi connectivity index (χ1v) is 7.86. The molecule has 4 heteroatoms. The third-order valence-electron chi connectivity index (χ3n) is 3.65. The number of hydrogen-bond donors (Lipinski definition) is 0. The predicted octanol–water partition coefficient (Wildman–Crippen LogP) is 2.92. The van der Waals surface area contributed by atoms with E-state index < -0.39 is 14.6 Å². The predicted molar refractivity (Wildman–Crippen MR) is 74.6 cm³/mol. The number of benzene rings is 1. The van der Waals surface area contributed by atoms with E-state index >= 15 is 0 Å². The average Bonchev–Trinajstić information content (AvgIpc) is 2.73. The summed E-state index contributed by atoms with van der Waals surface area (Å²) in [5, 5.41) is 0. The molecule has 0 heterocycles. The lowest BCUT2D eigenvalue weighted by Crippen LogP contribution is -2.42. The van der Waals surface area contributed by atoms with Crippen LogP contribution in [-0.4, -0.2) is 18.9 Å². The first-order chi connectivity index (χ1) is 8.90. The summed E-state index contributed by atoms with van der Waals surface area (Å²) >= 11 is 0. The number of allylic oxidation sites excluding steroid dienone is 1. The molecule has 1 aromatic rings. The zero-order valence-corrected chi connectivity index (χ0v) is 11.9. The van der Waals surface area contributed by atoms with Gasteiger partial charge in [-0.1, -0.05) is 23.8 Å². The molecule has 2 rings (SSSR count). The Hall–Kier alpha value is -1.42. The fourth-order valence-corrected chi connectivity index (χ4v) is 5.00. The quantitative estimate of drug-likeness (QED) is 0.796. The van der Waals surface area contributed by atoms with Crippen LogP contribution < -0.4 is 0 Å². The van der Waals surface area contributed by atoms with E-state index in [9.17, 15) is 13.2 Å². The molecule has 0 amide bonds. The highest BCUT2D eigenvalue weighted by Crippen LogP contribution is 2.41. The van der Waals surface area contributed by atoms with Gasteiger partial charge in [0.2, 0.25) is 0 Å². The molecule has 1 aliphatic rings. The van der Waals surface area contributed by atoms with E-state index in [4.69, 9.17) is 0 Å². The lowest BCUT2D eigenvalue weighted by molar-refractivity contribution is -0.119. The molecule has 0 bridgehead atoms. The first kappa shape index (κ1) is 14.0. The van der Waals surface area contributed by atoms with Crippen LogP contribution in [-0.2, 0) is 14.6 Å². The molecule has 0 radical (unpaired) electrons. The van der Waals surface area contributed by atoms with Gasteiger partial charge in [0.25, 0.3) is 0 Å². The maximum absolute atomic E-state index is 12.8. The second-order valence-corrected chi connectivity index (χ2v) is 7.48. The molecule has 19 heavy (non-hydrogen) atoms. The summed E-state index contributed by atoms with van der Waals surface area (Å²) in [5.74, 6) is -0.167. The Balaban J connectivity index is 2.56. The number of sulfone groups is 1. The number of hydrogen-bond acceptors (Lipinski definition) is 3. The van der Waals surface area contributed by atoms with Gasteiger partial charge in [-0.25, -0.2) is 8.42 Å². The molecule has 0 aromatic heterocycles. The van der Waals surface area contributed by atoms with Gasteiger partial charge in [-0.15, -0.1) is 6.58 Å². The average molecular weight is 278 g/mol. The van der Waals surface area contributed by atoms with Crippen LogP contribution in [0, 0.1) is 0 Å². The van der Waals surface area contributed by atoms with Crippen LogP contribution in [0.15, 0.2) is 47.4 Å². The molecule has 1 aliphatic carbocycles. The van der Waals surface area contributed by atoms with Gasteiger partial charge in [0.15, 0.2) is 15.6 Å². The van der Waals surface area contributed by atoms with E-state index in [1.54, 1.807) is 37.3 Å². The summed E-state index contributed by atoms with van der Waals surface area (Å²) in [5.41, 5.74) is 0.731. The largest absolute Gasteiger partial charge is 0.298 e. The van der Waals surface area contributed by atoms with Crippen LogP contribution in [0.4, 0.5) is 0 Å². The Bertz CT molecular complexity index is 602. The molecule has 0 aliphatic heterocycles. The molecule has 0 N–H and O–H groups in total. The van der Waals surface area contributed by atoms with Crippen molar-refractivity contribution in [1.82, 2.24) is 0 Å². The van der Waals surface area contributed by atoms with Crippen LogP contribution in [0.1, 0.15) is 32.6 Å². The Labute approximate surface area is 114 Å². The van der Waals surface area contributed by atoms with Crippen molar-refractivity contribution in [3.8, 4) is 0 Å². The number of carbonyl (C=O) groups is 1. The fraction of sp³-hybridized carbons (Fsp3) is 0.400. The standard InChI is InChI=1S/C15H18O3S/c1-12(2)11-15(10-6-9-14(15)16)19(17,18)13-7-4-3-5-8-13/h3-5,7-8H,1,6,9-11H2,2H3. The fourth-order valence-electron chi connectivity index (χ4n) is 2.78. The van der Waals surface area contributed by atoms with Gasteiger partial charge in [0.05, 0.1) is 4.90 Å². The topological polar surface area (TPSA) is 51.2 Å². The zero-order valence-electron chi connectivity index (χ0n) is 11.1. The van der Waals surface area contributed by atoms with Crippen molar-refractivity contribution in [2.45, 2.75) is 42.2 Å². The lowest BCUT2D eigenvalue weighted by atomic mass is 9.97. The van der Waals surface area contributed by atoms with Gasteiger partial charge < -0.3 is 0 Å². The third kappa shape index (κ3) is 2.25. The van der Waals surface area contributed by atoms with Gasteiger partial charge in [-0.2, -0.15) is 0 Å².